The van der Waals surface area contributed by atoms with Crippen LogP contribution in [0.2, 0.25) is 5.02 Å². The van der Waals surface area contributed by atoms with Gasteiger partial charge in [0.1, 0.15) is 30.0 Å². The van der Waals surface area contributed by atoms with Gasteiger partial charge < -0.3 is 25.4 Å². The number of nitrogens with zero attached hydrogens (tertiary/aromatic N) is 4. The highest BCUT2D eigenvalue weighted by atomic mass is 35.5. The molecule has 14 heteroatoms. The lowest BCUT2D eigenvalue weighted by atomic mass is 9.77. The minimum Gasteiger partial charge on any atom is -0.491 e. The van der Waals surface area contributed by atoms with Crippen molar-refractivity contribution < 1.29 is 28.8 Å². The van der Waals surface area contributed by atoms with E-state index in [0.717, 1.165) is 59.8 Å². The van der Waals surface area contributed by atoms with E-state index < -0.39 is 10.3 Å². The van der Waals surface area contributed by atoms with Crippen LogP contribution in [0.4, 0.5) is 0 Å². The maximum atomic E-state index is 12.5. The second-order valence-corrected chi connectivity index (χ2v) is 17.0. The molecule has 0 spiro atoms. The molecule has 2 heterocycles. The Hall–Kier alpha value is -6.26. The summed E-state index contributed by atoms with van der Waals surface area (Å²) in [6.45, 7) is 21.3. The van der Waals surface area contributed by atoms with Gasteiger partial charge in [0.2, 0.25) is 5.91 Å². The summed E-state index contributed by atoms with van der Waals surface area (Å²) < 4.78 is 11.9. The second kappa shape index (κ2) is 25.3. The van der Waals surface area contributed by atoms with Gasteiger partial charge in [-0.3, -0.25) is 24.5 Å². The summed E-state index contributed by atoms with van der Waals surface area (Å²) in [6.07, 6.45) is 8.58. The average molecular weight is 910 g/mol. The Morgan fingerprint density at radius 1 is 1.14 bits per heavy atom. The number of ketones is 1. The molecule has 0 radical (unpaired) electrons. The number of Topliss-reactive ketones (excluding diaryl/α,β-unsaturated/α-hetero) is 1. The Bertz CT molecular complexity index is 2320. The van der Waals surface area contributed by atoms with E-state index in [1.807, 2.05) is 100 Å². The maximum Gasteiger partial charge on any atom is 0.255 e. The van der Waals surface area contributed by atoms with Gasteiger partial charge in [0.05, 0.1) is 28.9 Å². The summed E-state index contributed by atoms with van der Waals surface area (Å²) in [4.78, 5) is 50.6. The number of carbonyl (C=O) groups excluding carboxylic acids is 3. The molecule has 3 aromatic carbocycles. The molecule has 0 saturated carbocycles. The van der Waals surface area contributed by atoms with Gasteiger partial charge in [0.15, 0.2) is 12.8 Å². The number of ether oxygens (including phenoxy) is 2. The van der Waals surface area contributed by atoms with Crippen molar-refractivity contribution in [2.24, 2.45) is 16.6 Å². The predicted molar refractivity (Wildman–Crippen MR) is 258 cm³/mol. The van der Waals surface area contributed by atoms with Crippen LogP contribution in [0, 0.1) is 27.4 Å². The highest BCUT2D eigenvalue weighted by molar-refractivity contribution is 6.32. The van der Waals surface area contributed by atoms with Crippen LogP contribution in [0.5, 0.6) is 11.5 Å². The van der Waals surface area contributed by atoms with Gasteiger partial charge in [0.25, 0.3) is 5.91 Å². The summed E-state index contributed by atoms with van der Waals surface area (Å²) >= 11 is 6.62. The van der Waals surface area contributed by atoms with Crippen molar-refractivity contribution in [1.29, 1.82) is 5.26 Å². The van der Waals surface area contributed by atoms with Gasteiger partial charge >= 0.3 is 0 Å². The number of nitrogens with one attached hydrogen (secondary N) is 1. The summed E-state index contributed by atoms with van der Waals surface area (Å²) in [7, 11) is 0.889. The van der Waals surface area contributed by atoms with E-state index in [2.05, 4.69) is 49.8 Å². The lowest BCUT2D eigenvalue weighted by molar-refractivity contribution is -0.445. The van der Waals surface area contributed by atoms with Crippen molar-refractivity contribution in [2.75, 3.05) is 20.3 Å². The number of rotatable bonds is 17. The van der Waals surface area contributed by atoms with Crippen LogP contribution in [-0.2, 0) is 28.0 Å². The maximum absolute atomic E-state index is 12.5. The molecular formula is C51H65ClN6O7. The first kappa shape index (κ1) is 53.1. The number of hydrogen-bond donors (Lipinski definition) is 2. The van der Waals surface area contributed by atoms with Gasteiger partial charge in [-0.15, -0.1) is 0 Å². The summed E-state index contributed by atoms with van der Waals surface area (Å²) in [5, 5.41) is 21.8. The number of fused-ring (bicyclic) bond motifs is 1. The number of nitro groups is 1. The number of hydrogen-bond acceptors (Lipinski definition) is 10. The number of aryl methyl sites for hydroxylation is 1. The fourth-order valence-electron chi connectivity index (χ4n) is 7.09. The molecule has 3 aromatic rings. The van der Waals surface area contributed by atoms with E-state index >= 15 is 0 Å². The lowest BCUT2D eigenvalue weighted by Crippen LogP contribution is -2.45. The fraction of sp³-hybridized carbons (Fsp3) is 0.431. The zero-order chi connectivity index (χ0) is 48.4. The van der Waals surface area contributed by atoms with E-state index in [4.69, 9.17) is 36.9 Å². The molecule has 2 aliphatic rings. The quantitative estimate of drug-likeness (QED) is 0.0574. The number of nitrogens with two attached hydrogens (primary N) is 1. The monoisotopic (exact) mass is 908 g/mol. The van der Waals surface area contributed by atoms with Crippen molar-refractivity contribution in [3.63, 3.8) is 0 Å². The minimum atomic E-state index is -0.500. The Labute approximate surface area is 389 Å². The minimum absolute atomic E-state index is 0.0105. The van der Waals surface area contributed by atoms with E-state index in [1.54, 1.807) is 0 Å². The molecular weight excluding hydrogens is 844 g/mol. The van der Waals surface area contributed by atoms with Crippen molar-refractivity contribution in [2.45, 2.75) is 118 Å². The Morgan fingerprint density at radius 3 is 2.40 bits per heavy atom. The smallest absolute Gasteiger partial charge is 0.255 e. The highest BCUT2D eigenvalue weighted by Gasteiger charge is 2.36. The van der Waals surface area contributed by atoms with E-state index in [-0.39, 0.29) is 29.6 Å². The lowest BCUT2D eigenvalue weighted by Gasteiger charge is -2.32. The Morgan fingerprint density at radius 2 is 1.82 bits per heavy atom. The molecule has 2 aliphatic heterocycles. The zero-order valence-electron chi connectivity index (χ0n) is 39.4. The Kier molecular flexibility index (Phi) is 20.6. The standard InChI is InChI=1S/C34H44ClN3O3.C16H18N2O2.CH3NO2/c1-8-12-28(38-33(37)24(5)10-3)22-41-29-16-14-26(15-17-29)34(6,7)27-19-25(21-36)32(30(35)20-27)40-18-11-13-31(39)23(4)9-2;1-3-11-4-5-13-12(8-11)9-18(16(13)20)14-6-7-15(19)17-10(14)2;1-2(3)4/h8,12,14-17,19-20,23H,9-11,13,18,22,37H2,1-7H3;4-5,8,14H,2-3,6-7,9H2,1H3,(H,17,19);1H3/b12-8-,33-24?,38-28+;;. The van der Waals surface area contributed by atoms with E-state index in [0.29, 0.717) is 79.0 Å². The largest absolute Gasteiger partial charge is 0.491 e. The summed E-state index contributed by atoms with van der Waals surface area (Å²) in [5.74, 6) is 1.90. The number of amides is 2. The fourth-order valence-corrected chi connectivity index (χ4v) is 7.36. The number of allylic oxidation sites excluding steroid dienone is 2. The van der Waals surface area contributed by atoms with Crippen molar-refractivity contribution in [1.82, 2.24) is 10.2 Å². The number of benzene rings is 3. The third kappa shape index (κ3) is 15.2. The van der Waals surface area contributed by atoms with E-state index in [9.17, 15) is 19.6 Å². The van der Waals surface area contributed by atoms with Crippen LogP contribution in [0.1, 0.15) is 132 Å². The van der Waals surface area contributed by atoms with Crippen molar-refractivity contribution in [3.8, 4) is 17.6 Å². The molecule has 2 atom stereocenters. The highest BCUT2D eigenvalue weighted by Crippen LogP contribution is 2.39. The van der Waals surface area contributed by atoms with Gasteiger partial charge in [-0.2, -0.15) is 5.26 Å². The van der Waals surface area contributed by atoms with Gasteiger partial charge in [0, 0.05) is 46.9 Å². The van der Waals surface area contributed by atoms with Crippen LogP contribution >= 0.6 is 11.6 Å². The number of nitriles is 1. The van der Waals surface area contributed by atoms with Crippen LogP contribution in [-0.4, -0.2) is 59.4 Å². The van der Waals surface area contributed by atoms with Crippen LogP contribution in [0.25, 0.3) is 0 Å². The summed E-state index contributed by atoms with van der Waals surface area (Å²) in [5.41, 5.74) is 13.5. The molecule has 348 valence electrons. The molecule has 1 saturated heterocycles. The second-order valence-electron chi connectivity index (χ2n) is 16.6. The molecule has 13 nitrogen and oxygen atoms in total. The number of carbonyl (C=O) groups is 3. The van der Waals surface area contributed by atoms with Crippen molar-refractivity contribution in [3.05, 3.63) is 139 Å². The predicted octanol–water partition coefficient (Wildman–Crippen LogP) is 10.2. The van der Waals surface area contributed by atoms with Crippen LogP contribution < -0.4 is 20.5 Å². The first-order chi connectivity index (χ1) is 30.8. The first-order valence-corrected chi connectivity index (χ1v) is 22.5. The number of piperidine rings is 1. The third-order valence-electron chi connectivity index (χ3n) is 11.5. The molecule has 0 bridgehead atoms. The molecule has 2 unspecified atom stereocenters. The van der Waals surface area contributed by atoms with Crippen LogP contribution in [0.15, 0.2) is 95.4 Å². The topological polar surface area (TPSA) is 190 Å². The van der Waals surface area contributed by atoms with E-state index in [1.165, 1.54) is 5.56 Å². The molecule has 5 rings (SSSR count). The third-order valence-corrected chi connectivity index (χ3v) is 11.8. The van der Waals surface area contributed by atoms with Crippen molar-refractivity contribution >= 4 is 34.9 Å². The van der Waals surface area contributed by atoms with Gasteiger partial charge in [-0.25, -0.2) is 4.99 Å². The number of halogens is 1. The normalized spacial score (nSPS) is 15.6. The Balaban J connectivity index is 0.000000383. The molecule has 65 heavy (non-hydrogen) atoms. The van der Waals surface area contributed by atoms with Gasteiger partial charge in [-0.05, 0) is 110 Å². The molecule has 2 amide bonds. The molecule has 3 N–H and O–H groups in total. The molecule has 1 fully saturated rings. The molecule has 0 aliphatic carbocycles. The average Bonchev–Trinajstić information content (AvgIpc) is 3.60. The van der Waals surface area contributed by atoms with Gasteiger partial charge in [-0.1, -0.05) is 90.1 Å². The summed E-state index contributed by atoms with van der Waals surface area (Å²) in [6, 6.07) is 19.7. The van der Waals surface area contributed by atoms with Crippen LogP contribution in [0.3, 0.4) is 0 Å². The molecule has 0 aromatic heterocycles. The first-order valence-electron chi connectivity index (χ1n) is 22.1. The zero-order valence-corrected chi connectivity index (χ0v) is 40.1. The number of aliphatic imine (C=N–C) groups is 1. The SMILES string of the molecule is C/C=C\C(COc1ccc(C(C)(C)c2cc(Cl)c(OCCCC(=O)C(C)CC)c(C#N)c2)cc1)=N/C(N)=C(C)CC.C=C1NC(=O)CCC1N1Cc2cc(CC)ccc2C1=O.C[N+](=O)[O-].